The maximum absolute atomic E-state index is 5.51. The third kappa shape index (κ3) is 7.20. The minimum absolute atomic E-state index is 0.780. The van der Waals surface area contributed by atoms with Gasteiger partial charge >= 0.3 is 0 Å². The van der Waals surface area contributed by atoms with Crippen LogP contribution in [-0.2, 0) is 9.47 Å². The van der Waals surface area contributed by atoms with Crippen LogP contribution in [0.5, 0.6) is 0 Å². The van der Waals surface area contributed by atoms with E-state index in [4.69, 9.17) is 9.47 Å². The van der Waals surface area contributed by atoms with Crippen LogP contribution in [0.1, 0.15) is 44.9 Å². The van der Waals surface area contributed by atoms with Crippen LogP contribution in [0.25, 0.3) is 0 Å². The third-order valence-corrected chi connectivity index (χ3v) is 3.14. The molecule has 0 unspecified atom stereocenters. The Morgan fingerprint density at radius 2 is 1.75 bits per heavy atom. The number of nitrogens with one attached hydrogen (secondary N) is 1. The zero-order valence-electron chi connectivity index (χ0n) is 10.7. The average Bonchev–Trinajstić information content (AvgIpc) is 2.34. The Morgan fingerprint density at radius 3 is 2.50 bits per heavy atom. The Labute approximate surface area is 99.9 Å². The van der Waals surface area contributed by atoms with Crippen molar-refractivity contribution in [3.63, 3.8) is 0 Å². The van der Waals surface area contributed by atoms with Gasteiger partial charge in [-0.15, -0.1) is 0 Å². The van der Waals surface area contributed by atoms with Gasteiger partial charge in [-0.2, -0.15) is 0 Å². The maximum Gasteiger partial charge on any atom is 0.0487 e. The molecular weight excluding hydrogens is 202 g/mol. The second kappa shape index (κ2) is 10.1. The highest BCUT2D eigenvalue weighted by atomic mass is 16.5. The summed E-state index contributed by atoms with van der Waals surface area (Å²) in [5, 5.41) is 3.62. The van der Waals surface area contributed by atoms with Gasteiger partial charge in [-0.05, 0) is 32.2 Å². The first kappa shape index (κ1) is 13.9. The second-order valence-electron chi connectivity index (χ2n) is 4.60. The van der Waals surface area contributed by atoms with Gasteiger partial charge in [-0.3, -0.25) is 0 Å². The smallest absolute Gasteiger partial charge is 0.0487 e. The summed E-state index contributed by atoms with van der Waals surface area (Å²) >= 11 is 0. The van der Waals surface area contributed by atoms with Gasteiger partial charge in [0.1, 0.15) is 0 Å². The Balaban J connectivity index is 1.77. The molecule has 0 bridgehead atoms. The molecule has 3 heteroatoms. The van der Waals surface area contributed by atoms with Crippen molar-refractivity contribution in [2.75, 3.05) is 33.5 Å². The fraction of sp³-hybridized carbons (Fsp3) is 1.00. The molecule has 1 aliphatic carbocycles. The molecule has 0 saturated heterocycles. The van der Waals surface area contributed by atoms with Crippen molar-refractivity contribution >= 4 is 0 Å². The SMILES string of the molecule is COCCCOCCCNC1CCCCC1. The van der Waals surface area contributed by atoms with Crippen LogP contribution in [0.2, 0.25) is 0 Å². The quantitative estimate of drug-likeness (QED) is 0.616. The molecule has 16 heavy (non-hydrogen) atoms. The molecule has 0 aromatic heterocycles. The lowest BCUT2D eigenvalue weighted by atomic mass is 9.95. The van der Waals surface area contributed by atoms with Gasteiger partial charge < -0.3 is 14.8 Å². The van der Waals surface area contributed by atoms with E-state index in [1.54, 1.807) is 7.11 Å². The Hall–Kier alpha value is -0.120. The van der Waals surface area contributed by atoms with E-state index in [0.717, 1.165) is 45.2 Å². The Bertz CT molecular complexity index is 147. The van der Waals surface area contributed by atoms with E-state index in [0.29, 0.717) is 0 Å². The molecule has 3 nitrogen and oxygen atoms in total. The molecule has 0 aromatic carbocycles. The van der Waals surface area contributed by atoms with Crippen molar-refractivity contribution < 1.29 is 9.47 Å². The predicted molar refractivity (Wildman–Crippen MR) is 66.8 cm³/mol. The van der Waals surface area contributed by atoms with Crippen LogP contribution >= 0.6 is 0 Å². The van der Waals surface area contributed by atoms with Crippen molar-refractivity contribution in [2.24, 2.45) is 0 Å². The number of ether oxygens (including phenoxy) is 2. The van der Waals surface area contributed by atoms with Crippen LogP contribution in [0.15, 0.2) is 0 Å². The summed E-state index contributed by atoms with van der Waals surface area (Å²) in [6, 6.07) is 0.780. The number of hydrogen-bond acceptors (Lipinski definition) is 3. The molecule has 1 fully saturated rings. The highest BCUT2D eigenvalue weighted by Crippen LogP contribution is 2.17. The topological polar surface area (TPSA) is 30.5 Å². The van der Waals surface area contributed by atoms with Crippen molar-refractivity contribution in [1.29, 1.82) is 0 Å². The molecule has 1 saturated carbocycles. The van der Waals surface area contributed by atoms with Crippen LogP contribution in [0.4, 0.5) is 0 Å². The summed E-state index contributed by atoms with van der Waals surface area (Å²) in [5.41, 5.74) is 0. The first-order valence-corrected chi connectivity index (χ1v) is 6.73. The first-order chi connectivity index (χ1) is 7.93. The lowest BCUT2D eigenvalue weighted by molar-refractivity contribution is 0.101. The van der Waals surface area contributed by atoms with Crippen molar-refractivity contribution in [3.8, 4) is 0 Å². The fourth-order valence-electron chi connectivity index (χ4n) is 2.19. The van der Waals surface area contributed by atoms with Crippen LogP contribution in [0.3, 0.4) is 0 Å². The van der Waals surface area contributed by atoms with Crippen molar-refractivity contribution in [1.82, 2.24) is 5.32 Å². The number of hydrogen-bond donors (Lipinski definition) is 1. The molecule has 0 radical (unpaired) electrons. The Kier molecular flexibility index (Phi) is 8.77. The number of rotatable bonds is 9. The monoisotopic (exact) mass is 229 g/mol. The van der Waals surface area contributed by atoms with E-state index < -0.39 is 0 Å². The molecule has 0 heterocycles. The minimum atomic E-state index is 0.780. The summed E-state index contributed by atoms with van der Waals surface area (Å²) in [7, 11) is 1.73. The molecule has 0 amide bonds. The van der Waals surface area contributed by atoms with Crippen molar-refractivity contribution in [2.45, 2.75) is 51.0 Å². The van der Waals surface area contributed by atoms with Gasteiger partial charge in [0.15, 0.2) is 0 Å². The lowest BCUT2D eigenvalue weighted by Crippen LogP contribution is -2.32. The summed E-state index contributed by atoms with van der Waals surface area (Å²) in [6.45, 7) is 3.62. The molecule has 0 aliphatic heterocycles. The third-order valence-electron chi connectivity index (χ3n) is 3.14. The zero-order chi connectivity index (χ0) is 11.5. The van der Waals surface area contributed by atoms with Gasteiger partial charge in [-0.1, -0.05) is 19.3 Å². The van der Waals surface area contributed by atoms with Gasteiger partial charge in [0, 0.05) is 33.0 Å². The standard InChI is InChI=1S/C13H27NO2/c1-15-10-6-12-16-11-5-9-14-13-7-3-2-4-8-13/h13-14H,2-12H2,1H3. The largest absolute Gasteiger partial charge is 0.385 e. The Morgan fingerprint density at radius 1 is 1.00 bits per heavy atom. The molecule has 1 rings (SSSR count). The second-order valence-corrected chi connectivity index (χ2v) is 4.60. The summed E-state index contributed by atoms with van der Waals surface area (Å²) in [5.74, 6) is 0. The molecular formula is C13H27NO2. The van der Waals surface area contributed by atoms with E-state index in [-0.39, 0.29) is 0 Å². The predicted octanol–water partition coefficient (Wildman–Crippen LogP) is 2.35. The van der Waals surface area contributed by atoms with E-state index in [1.807, 2.05) is 0 Å². The average molecular weight is 229 g/mol. The summed E-state index contributed by atoms with van der Waals surface area (Å²) in [4.78, 5) is 0. The van der Waals surface area contributed by atoms with E-state index in [9.17, 15) is 0 Å². The van der Waals surface area contributed by atoms with E-state index in [2.05, 4.69) is 5.32 Å². The summed E-state index contributed by atoms with van der Waals surface area (Å²) in [6.07, 6.45) is 9.12. The summed E-state index contributed by atoms with van der Waals surface area (Å²) < 4.78 is 10.5. The fourth-order valence-corrected chi connectivity index (χ4v) is 2.19. The molecule has 0 spiro atoms. The minimum Gasteiger partial charge on any atom is -0.385 e. The van der Waals surface area contributed by atoms with E-state index in [1.165, 1.54) is 32.1 Å². The number of methoxy groups -OCH3 is 1. The van der Waals surface area contributed by atoms with Gasteiger partial charge in [0.25, 0.3) is 0 Å². The molecule has 1 aliphatic rings. The first-order valence-electron chi connectivity index (χ1n) is 6.73. The van der Waals surface area contributed by atoms with Gasteiger partial charge in [-0.25, -0.2) is 0 Å². The van der Waals surface area contributed by atoms with Gasteiger partial charge in [0.2, 0.25) is 0 Å². The molecule has 1 N–H and O–H groups in total. The van der Waals surface area contributed by atoms with Crippen LogP contribution in [-0.4, -0.2) is 39.5 Å². The highest BCUT2D eigenvalue weighted by Gasteiger charge is 2.11. The molecule has 0 atom stereocenters. The van der Waals surface area contributed by atoms with E-state index >= 15 is 0 Å². The molecule has 96 valence electrons. The zero-order valence-corrected chi connectivity index (χ0v) is 10.7. The normalized spacial score (nSPS) is 17.8. The van der Waals surface area contributed by atoms with Gasteiger partial charge in [0.05, 0.1) is 0 Å². The van der Waals surface area contributed by atoms with Crippen LogP contribution < -0.4 is 5.32 Å². The van der Waals surface area contributed by atoms with Crippen molar-refractivity contribution in [3.05, 3.63) is 0 Å². The maximum atomic E-state index is 5.51. The lowest BCUT2D eigenvalue weighted by Gasteiger charge is -2.22. The molecule has 0 aromatic rings. The van der Waals surface area contributed by atoms with Crippen LogP contribution in [0, 0.1) is 0 Å². The highest BCUT2D eigenvalue weighted by molar-refractivity contribution is 4.71.